The van der Waals surface area contributed by atoms with Crippen molar-refractivity contribution in [3.63, 3.8) is 0 Å². The van der Waals surface area contributed by atoms with Gasteiger partial charge >= 0.3 is 5.97 Å². The summed E-state index contributed by atoms with van der Waals surface area (Å²) in [7, 11) is 0.259. The van der Waals surface area contributed by atoms with Crippen LogP contribution in [0, 0.1) is 5.92 Å². The monoisotopic (exact) mass is 212 g/mol. The third-order valence-electron chi connectivity index (χ3n) is 3.07. The average molecular weight is 212 g/mol. The summed E-state index contributed by atoms with van der Waals surface area (Å²) in [6, 6.07) is 0. The Kier molecular flexibility index (Phi) is 3.19. The molecule has 0 fully saturated rings. The molecule has 0 N–H and O–H groups in total. The third kappa shape index (κ3) is 2.08. The van der Waals surface area contributed by atoms with Crippen LogP contribution < -0.4 is 0 Å². The van der Waals surface area contributed by atoms with Gasteiger partial charge in [0.25, 0.3) is 0 Å². The highest BCUT2D eigenvalue weighted by Crippen LogP contribution is 2.37. The Morgan fingerprint density at radius 3 is 2.36 bits per heavy atom. The van der Waals surface area contributed by atoms with E-state index in [1.165, 1.54) is 12.7 Å². The van der Waals surface area contributed by atoms with Gasteiger partial charge in [0.05, 0.1) is 21.1 Å². The number of hydrogen-bond donors (Lipinski definition) is 0. The molecule has 0 saturated carbocycles. The van der Waals surface area contributed by atoms with Crippen LogP contribution in [0.1, 0.15) is 19.8 Å². The molecule has 0 saturated heterocycles. The smallest absolute Gasteiger partial charge is 0.312 e. The first-order valence-electron chi connectivity index (χ1n) is 5.16. The Bertz CT molecular complexity index is 274. The zero-order valence-electron chi connectivity index (χ0n) is 9.81. The van der Waals surface area contributed by atoms with Crippen molar-refractivity contribution in [2.75, 3.05) is 7.11 Å². The van der Waals surface area contributed by atoms with Crippen molar-refractivity contribution >= 4 is 14.0 Å². The van der Waals surface area contributed by atoms with Crippen LogP contribution in [0.2, 0.25) is 19.6 Å². The first kappa shape index (κ1) is 11.5. The van der Waals surface area contributed by atoms with Gasteiger partial charge in [-0.1, -0.05) is 30.4 Å². The van der Waals surface area contributed by atoms with Crippen LogP contribution in [0.4, 0.5) is 0 Å². The summed E-state index contributed by atoms with van der Waals surface area (Å²) in [4.78, 5) is 11.5. The van der Waals surface area contributed by atoms with Gasteiger partial charge in [-0.2, -0.15) is 0 Å². The fourth-order valence-corrected chi connectivity index (χ4v) is 4.57. The lowest BCUT2D eigenvalue weighted by Gasteiger charge is -2.19. The molecule has 0 aromatic carbocycles. The van der Waals surface area contributed by atoms with Crippen LogP contribution in [-0.4, -0.2) is 21.2 Å². The van der Waals surface area contributed by atoms with E-state index in [1.54, 1.807) is 5.20 Å². The molecule has 0 amide bonds. The van der Waals surface area contributed by atoms with Gasteiger partial charge in [0, 0.05) is 0 Å². The molecule has 14 heavy (non-hydrogen) atoms. The van der Waals surface area contributed by atoms with Gasteiger partial charge in [-0.3, -0.25) is 4.79 Å². The van der Waals surface area contributed by atoms with Crippen molar-refractivity contribution in [1.29, 1.82) is 0 Å². The van der Waals surface area contributed by atoms with E-state index in [9.17, 15) is 4.79 Å². The van der Waals surface area contributed by atoms with E-state index in [-0.39, 0.29) is 11.9 Å². The summed E-state index contributed by atoms with van der Waals surface area (Å²) in [6.45, 7) is 9.12. The number of hydrogen-bond acceptors (Lipinski definition) is 2. The Hall–Kier alpha value is -0.573. The SMILES string of the molecule is COC(=O)C1CCC([Si](C)(C)C)=C1C. The highest BCUT2D eigenvalue weighted by molar-refractivity contribution is 6.83. The van der Waals surface area contributed by atoms with E-state index >= 15 is 0 Å². The molecule has 3 heteroatoms. The Morgan fingerprint density at radius 1 is 1.43 bits per heavy atom. The largest absolute Gasteiger partial charge is 0.469 e. The van der Waals surface area contributed by atoms with Crippen molar-refractivity contribution in [1.82, 2.24) is 0 Å². The number of carbonyl (C=O) groups excluding carboxylic acids is 1. The highest BCUT2D eigenvalue weighted by Gasteiger charge is 2.34. The molecule has 1 atom stereocenters. The standard InChI is InChI=1S/C11H20O2Si/c1-8-9(11(12)13-2)6-7-10(8)14(3,4)5/h9H,6-7H2,1-5H3. The number of methoxy groups -OCH3 is 1. The lowest BCUT2D eigenvalue weighted by Crippen LogP contribution is -2.24. The zero-order chi connectivity index (χ0) is 10.9. The topological polar surface area (TPSA) is 26.3 Å². The second-order valence-electron chi connectivity index (χ2n) is 5.03. The fourth-order valence-electron chi connectivity index (χ4n) is 2.32. The van der Waals surface area contributed by atoms with Crippen molar-refractivity contribution in [3.8, 4) is 0 Å². The second-order valence-corrected chi connectivity index (χ2v) is 10.1. The maximum Gasteiger partial charge on any atom is 0.312 e. The molecule has 0 aliphatic heterocycles. The van der Waals surface area contributed by atoms with Gasteiger partial charge < -0.3 is 4.74 Å². The molecular weight excluding hydrogens is 192 g/mol. The van der Waals surface area contributed by atoms with Gasteiger partial charge in [0.2, 0.25) is 0 Å². The van der Waals surface area contributed by atoms with Crippen molar-refractivity contribution in [3.05, 3.63) is 10.8 Å². The maximum absolute atomic E-state index is 11.5. The molecule has 2 nitrogen and oxygen atoms in total. The quantitative estimate of drug-likeness (QED) is 0.520. The zero-order valence-corrected chi connectivity index (χ0v) is 10.8. The van der Waals surface area contributed by atoms with Gasteiger partial charge in [-0.25, -0.2) is 0 Å². The lowest BCUT2D eigenvalue weighted by atomic mass is 10.0. The molecule has 0 radical (unpaired) electrons. The number of esters is 1. The maximum atomic E-state index is 11.5. The molecule has 80 valence electrons. The molecule has 0 heterocycles. The Balaban J connectivity index is 2.91. The predicted molar refractivity (Wildman–Crippen MR) is 60.8 cm³/mol. The van der Waals surface area contributed by atoms with Crippen LogP contribution in [0.3, 0.4) is 0 Å². The van der Waals surface area contributed by atoms with E-state index in [1.807, 2.05) is 0 Å². The predicted octanol–water partition coefficient (Wildman–Crippen LogP) is 2.76. The van der Waals surface area contributed by atoms with Crippen molar-refractivity contribution < 1.29 is 9.53 Å². The first-order valence-corrected chi connectivity index (χ1v) is 8.66. The van der Waals surface area contributed by atoms with Crippen LogP contribution in [0.5, 0.6) is 0 Å². The third-order valence-corrected chi connectivity index (χ3v) is 5.53. The average Bonchev–Trinajstić information content (AvgIpc) is 2.45. The fraction of sp³-hybridized carbons (Fsp3) is 0.727. The minimum atomic E-state index is -1.22. The van der Waals surface area contributed by atoms with Gasteiger partial charge in [-0.05, 0) is 19.8 Å². The van der Waals surface area contributed by atoms with E-state index in [0.29, 0.717) is 0 Å². The molecule has 1 aliphatic rings. The minimum absolute atomic E-state index is 0.0433. The van der Waals surface area contributed by atoms with Gasteiger partial charge in [0.1, 0.15) is 0 Å². The summed E-state index contributed by atoms with van der Waals surface area (Å²) >= 11 is 0. The number of allylic oxidation sites excluding steroid dienone is 1. The van der Waals surface area contributed by atoms with Crippen molar-refractivity contribution in [2.45, 2.75) is 39.4 Å². The normalized spacial score (nSPS) is 22.8. The van der Waals surface area contributed by atoms with Gasteiger partial charge in [0.15, 0.2) is 0 Å². The molecule has 1 unspecified atom stereocenters. The molecular formula is C11H20O2Si. The van der Waals surface area contributed by atoms with E-state index in [4.69, 9.17) is 4.74 Å². The van der Waals surface area contributed by atoms with E-state index < -0.39 is 8.07 Å². The Labute approximate surface area is 87.3 Å². The summed E-state index contributed by atoms with van der Waals surface area (Å²) < 4.78 is 4.81. The Morgan fingerprint density at radius 2 is 2.00 bits per heavy atom. The highest BCUT2D eigenvalue weighted by atomic mass is 28.3. The minimum Gasteiger partial charge on any atom is -0.469 e. The van der Waals surface area contributed by atoms with E-state index in [0.717, 1.165) is 12.8 Å². The summed E-state index contributed by atoms with van der Waals surface area (Å²) in [6.07, 6.45) is 2.05. The lowest BCUT2D eigenvalue weighted by molar-refractivity contribution is -0.144. The van der Waals surface area contributed by atoms with E-state index in [2.05, 4.69) is 26.6 Å². The number of carbonyl (C=O) groups is 1. The molecule has 1 rings (SSSR count). The van der Waals surface area contributed by atoms with Gasteiger partial charge in [-0.15, -0.1) is 0 Å². The molecule has 1 aliphatic carbocycles. The van der Waals surface area contributed by atoms with Crippen LogP contribution in [0.15, 0.2) is 10.8 Å². The number of ether oxygens (including phenoxy) is 1. The van der Waals surface area contributed by atoms with Crippen molar-refractivity contribution in [2.24, 2.45) is 5.92 Å². The molecule has 0 spiro atoms. The summed E-state index contributed by atoms with van der Waals surface area (Å²) in [5.74, 6) is -0.0162. The first-order chi connectivity index (χ1) is 6.38. The summed E-state index contributed by atoms with van der Waals surface area (Å²) in [5, 5.41) is 1.56. The van der Waals surface area contributed by atoms with Crippen LogP contribution in [-0.2, 0) is 9.53 Å². The number of rotatable bonds is 2. The second kappa shape index (κ2) is 3.89. The molecule has 0 aromatic heterocycles. The summed E-state index contributed by atoms with van der Waals surface area (Å²) in [5.41, 5.74) is 1.29. The molecule has 0 bridgehead atoms. The van der Waals surface area contributed by atoms with Crippen LogP contribution >= 0.6 is 0 Å². The molecule has 0 aromatic rings. The van der Waals surface area contributed by atoms with Crippen LogP contribution in [0.25, 0.3) is 0 Å².